The Balaban J connectivity index is 1.78. The van der Waals surface area contributed by atoms with Gasteiger partial charge in [0.2, 0.25) is 5.89 Å². The van der Waals surface area contributed by atoms with Crippen molar-refractivity contribution in [2.45, 2.75) is 59.4 Å². The second-order valence-electron chi connectivity index (χ2n) is 8.75. The number of nitrogens with zero attached hydrogens (tertiary/aromatic N) is 2. The van der Waals surface area contributed by atoms with Crippen LogP contribution in [0.3, 0.4) is 0 Å². The minimum atomic E-state index is -0.272. The molecule has 7 heteroatoms. The van der Waals surface area contributed by atoms with Gasteiger partial charge in [-0.1, -0.05) is 40.7 Å². The molecule has 0 spiro atoms. The van der Waals surface area contributed by atoms with Gasteiger partial charge in [0.1, 0.15) is 18.6 Å². The number of hydrogen-bond donors (Lipinski definition) is 1. The highest BCUT2D eigenvalue weighted by Gasteiger charge is 2.29. The molecule has 2 heterocycles. The topological polar surface area (TPSA) is 84.7 Å². The summed E-state index contributed by atoms with van der Waals surface area (Å²) in [5.41, 5.74) is 2.03. The van der Waals surface area contributed by atoms with E-state index in [9.17, 15) is 9.59 Å². The van der Waals surface area contributed by atoms with Crippen molar-refractivity contribution < 1.29 is 18.7 Å². The number of carbonyl (C=O) groups is 2. The van der Waals surface area contributed by atoms with E-state index in [0.29, 0.717) is 29.8 Å². The van der Waals surface area contributed by atoms with E-state index in [1.807, 2.05) is 18.2 Å². The highest BCUT2D eigenvalue weighted by molar-refractivity contribution is 5.98. The van der Waals surface area contributed by atoms with Crippen LogP contribution < -0.4 is 15.0 Å². The van der Waals surface area contributed by atoms with Crippen molar-refractivity contribution in [2.75, 3.05) is 18.1 Å². The predicted molar refractivity (Wildman–Crippen MR) is 115 cm³/mol. The lowest BCUT2D eigenvalue weighted by Gasteiger charge is -2.31. The number of anilines is 1. The highest BCUT2D eigenvalue weighted by atomic mass is 16.5. The summed E-state index contributed by atoms with van der Waals surface area (Å²) >= 11 is 0. The van der Waals surface area contributed by atoms with Crippen LogP contribution in [0.15, 0.2) is 28.9 Å². The molecule has 0 fully saturated rings. The van der Waals surface area contributed by atoms with Crippen LogP contribution in [0.2, 0.25) is 0 Å². The van der Waals surface area contributed by atoms with Gasteiger partial charge in [0, 0.05) is 6.54 Å². The minimum absolute atomic E-state index is 0.0224. The Bertz CT molecular complexity index is 917. The number of carbonyl (C=O) groups excluding carboxylic acids is 2. The number of oxazole rings is 1. The number of benzene rings is 1. The molecule has 30 heavy (non-hydrogen) atoms. The lowest BCUT2D eigenvalue weighted by molar-refractivity contribution is -0.121. The van der Waals surface area contributed by atoms with E-state index in [1.165, 1.54) is 6.26 Å². The Morgan fingerprint density at radius 1 is 1.33 bits per heavy atom. The van der Waals surface area contributed by atoms with Gasteiger partial charge in [-0.2, -0.15) is 0 Å². The fourth-order valence-electron chi connectivity index (χ4n) is 3.19. The molecule has 1 aliphatic rings. The second kappa shape index (κ2) is 8.90. The fraction of sp³-hybridized carbons (Fsp3) is 0.522. The molecule has 0 saturated carbocycles. The largest absolute Gasteiger partial charge is 0.482 e. The van der Waals surface area contributed by atoms with Crippen LogP contribution in [-0.4, -0.2) is 29.9 Å². The summed E-state index contributed by atoms with van der Waals surface area (Å²) in [5.74, 6) is 1.03. The van der Waals surface area contributed by atoms with E-state index in [0.717, 1.165) is 18.4 Å². The summed E-state index contributed by atoms with van der Waals surface area (Å²) in [6.45, 7) is 11.4. The van der Waals surface area contributed by atoms with Crippen LogP contribution in [0, 0.1) is 5.92 Å². The van der Waals surface area contributed by atoms with Crippen molar-refractivity contribution in [3.05, 3.63) is 41.6 Å². The summed E-state index contributed by atoms with van der Waals surface area (Å²) in [7, 11) is 0. The number of rotatable bonds is 8. The van der Waals surface area contributed by atoms with Crippen molar-refractivity contribution in [3.8, 4) is 5.75 Å². The van der Waals surface area contributed by atoms with Crippen LogP contribution in [0.1, 0.15) is 69.4 Å². The van der Waals surface area contributed by atoms with Crippen LogP contribution in [-0.2, 0) is 16.8 Å². The Labute approximate surface area is 177 Å². The molecule has 1 N–H and O–H groups in total. The molecular weight excluding hydrogens is 382 g/mol. The molecule has 0 atom stereocenters. The third-order valence-corrected chi connectivity index (χ3v) is 5.65. The van der Waals surface area contributed by atoms with E-state index in [2.05, 4.69) is 44.9 Å². The summed E-state index contributed by atoms with van der Waals surface area (Å²) in [5, 5.41) is 2.84. The number of amides is 2. The van der Waals surface area contributed by atoms with E-state index < -0.39 is 0 Å². The summed E-state index contributed by atoms with van der Waals surface area (Å²) < 4.78 is 11.1. The predicted octanol–water partition coefficient (Wildman–Crippen LogP) is 4.06. The highest BCUT2D eigenvalue weighted by Crippen LogP contribution is 2.38. The first kappa shape index (κ1) is 21.9. The number of hydrogen-bond acceptors (Lipinski definition) is 5. The molecule has 1 aliphatic heterocycles. The Kier molecular flexibility index (Phi) is 6.48. The van der Waals surface area contributed by atoms with Gasteiger partial charge in [-0.15, -0.1) is 0 Å². The van der Waals surface area contributed by atoms with Gasteiger partial charge in [0.15, 0.2) is 12.3 Å². The smallest absolute Gasteiger partial charge is 0.273 e. The molecule has 2 aromatic rings. The van der Waals surface area contributed by atoms with Gasteiger partial charge in [0.25, 0.3) is 11.8 Å². The van der Waals surface area contributed by atoms with Crippen molar-refractivity contribution in [2.24, 2.45) is 5.92 Å². The molecule has 1 aromatic carbocycles. The van der Waals surface area contributed by atoms with E-state index in [4.69, 9.17) is 9.15 Å². The molecular formula is C23H31N3O4. The van der Waals surface area contributed by atoms with Crippen molar-refractivity contribution >= 4 is 17.5 Å². The van der Waals surface area contributed by atoms with Gasteiger partial charge >= 0.3 is 0 Å². The molecule has 3 rings (SSSR count). The van der Waals surface area contributed by atoms with Gasteiger partial charge in [-0.25, -0.2) is 4.98 Å². The van der Waals surface area contributed by atoms with Gasteiger partial charge in [0.05, 0.1) is 5.69 Å². The number of nitrogens with one attached hydrogen (secondary N) is 1. The summed E-state index contributed by atoms with van der Waals surface area (Å²) in [4.78, 5) is 30.7. The molecule has 7 nitrogen and oxygen atoms in total. The van der Waals surface area contributed by atoms with Crippen LogP contribution >= 0.6 is 0 Å². The molecule has 1 aromatic heterocycles. The lowest BCUT2D eigenvalue weighted by Crippen LogP contribution is -2.38. The fourth-order valence-corrected chi connectivity index (χ4v) is 3.19. The van der Waals surface area contributed by atoms with Gasteiger partial charge in [-0.05, 0) is 41.9 Å². The first-order valence-corrected chi connectivity index (χ1v) is 10.5. The Morgan fingerprint density at radius 3 is 2.80 bits per heavy atom. The first-order chi connectivity index (χ1) is 14.2. The van der Waals surface area contributed by atoms with Crippen LogP contribution in [0.4, 0.5) is 5.69 Å². The summed E-state index contributed by atoms with van der Waals surface area (Å²) in [6, 6.07) is 5.95. The first-order valence-electron chi connectivity index (χ1n) is 10.5. The monoisotopic (exact) mass is 413 g/mol. The minimum Gasteiger partial charge on any atom is -0.482 e. The quantitative estimate of drug-likeness (QED) is 0.705. The maximum absolute atomic E-state index is 12.6. The average Bonchev–Trinajstić information content (AvgIpc) is 3.18. The molecule has 0 unspecified atom stereocenters. The number of fused-ring (bicyclic) bond motifs is 1. The molecule has 0 radical (unpaired) electrons. The molecule has 162 valence electrons. The second-order valence-corrected chi connectivity index (χ2v) is 8.75. The van der Waals surface area contributed by atoms with Gasteiger partial charge < -0.3 is 14.5 Å². The molecule has 0 saturated heterocycles. The Hall–Kier alpha value is -2.83. The van der Waals surface area contributed by atoms with Crippen molar-refractivity contribution in [3.63, 3.8) is 0 Å². The summed E-state index contributed by atoms with van der Waals surface area (Å²) in [6.07, 6.45) is 3.20. The van der Waals surface area contributed by atoms with Crippen molar-refractivity contribution in [1.29, 1.82) is 0 Å². The zero-order chi connectivity index (χ0) is 21.9. The third-order valence-electron chi connectivity index (χ3n) is 5.65. The maximum Gasteiger partial charge on any atom is 0.273 e. The van der Waals surface area contributed by atoms with E-state index >= 15 is 0 Å². The van der Waals surface area contributed by atoms with E-state index in [-0.39, 0.29) is 36.1 Å². The molecule has 0 bridgehead atoms. The third kappa shape index (κ3) is 4.83. The van der Waals surface area contributed by atoms with Crippen molar-refractivity contribution in [1.82, 2.24) is 10.3 Å². The SMILES string of the molecule is CCC(C)(C)c1ccc2c(c1)N(Cc1nc(C(=O)NCCC(C)C)co1)C(=O)CO2. The average molecular weight is 414 g/mol. The zero-order valence-corrected chi connectivity index (χ0v) is 18.4. The van der Waals surface area contributed by atoms with Gasteiger partial charge in [-0.3, -0.25) is 14.5 Å². The molecule has 2 amide bonds. The van der Waals surface area contributed by atoms with Crippen LogP contribution in [0.5, 0.6) is 5.75 Å². The lowest BCUT2D eigenvalue weighted by atomic mass is 9.82. The maximum atomic E-state index is 12.6. The normalized spacial score (nSPS) is 13.9. The molecule has 0 aliphatic carbocycles. The number of aromatic nitrogens is 1. The number of ether oxygens (including phenoxy) is 1. The van der Waals surface area contributed by atoms with E-state index in [1.54, 1.807) is 4.90 Å². The zero-order valence-electron chi connectivity index (χ0n) is 18.4. The standard InChI is InChI=1S/C23H31N3O4/c1-6-23(4,5)16-7-8-19-18(11-16)26(21(27)14-29-19)12-20-25-17(13-30-20)22(28)24-10-9-15(2)3/h7-8,11,13,15H,6,9-10,12,14H2,1-5H3,(H,24,28). The van der Waals surface area contributed by atoms with Crippen LogP contribution in [0.25, 0.3) is 0 Å². The Morgan fingerprint density at radius 2 is 2.10 bits per heavy atom.